The summed E-state index contributed by atoms with van der Waals surface area (Å²) >= 11 is 0. The van der Waals surface area contributed by atoms with Crippen LogP contribution in [0.5, 0.6) is 11.5 Å². The van der Waals surface area contributed by atoms with Crippen LogP contribution in [0.15, 0.2) is 42.5 Å². The van der Waals surface area contributed by atoms with E-state index in [1.54, 1.807) is 7.11 Å². The van der Waals surface area contributed by atoms with Gasteiger partial charge in [-0.25, -0.2) is 0 Å². The van der Waals surface area contributed by atoms with Crippen LogP contribution < -0.4 is 14.8 Å². The summed E-state index contributed by atoms with van der Waals surface area (Å²) in [5, 5.41) is 12.1. The van der Waals surface area contributed by atoms with Gasteiger partial charge in [-0.2, -0.15) is 5.26 Å². The van der Waals surface area contributed by atoms with Crippen LogP contribution in [0.1, 0.15) is 42.5 Å². The van der Waals surface area contributed by atoms with Gasteiger partial charge in [0.2, 0.25) is 0 Å². The molecule has 4 heteroatoms. The Balaban J connectivity index is 1.96. The number of hydrogen-bond acceptors (Lipinski definition) is 4. The lowest BCUT2D eigenvalue weighted by Crippen LogP contribution is -2.18. The molecule has 1 N–H and O–H groups in total. The van der Waals surface area contributed by atoms with Gasteiger partial charge in [0.25, 0.3) is 0 Å². The first-order valence-electron chi connectivity index (χ1n) is 8.60. The molecule has 4 nitrogen and oxygen atoms in total. The molecular weight excluding hydrogens is 312 g/mol. The second kappa shape index (κ2) is 9.71. The first kappa shape index (κ1) is 18.8. The van der Waals surface area contributed by atoms with Crippen molar-refractivity contribution in [3.63, 3.8) is 0 Å². The van der Waals surface area contributed by atoms with Gasteiger partial charge in [0.1, 0.15) is 0 Å². The summed E-state index contributed by atoms with van der Waals surface area (Å²) in [6, 6.07) is 16.9. The fourth-order valence-corrected chi connectivity index (χ4v) is 2.52. The van der Waals surface area contributed by atoms with E-state index >= 15 is 0 Å². The summed E-state index contributed by atoms with van der Waals surface area (Å²) in [7, 11) is 1.63. The lowest BCUT2D eigenvalue weighted by Gasteiger charge is -2.16. The van der Waals surface area contributed by atoms with Gasteiger partial charge < -0.3 is 14.8 Å². The highest BCUT2D eigenvalue weighted by Crippen LogP contribution is 2.28. The van der Waals surface area contributed by atoms with E-state index in [0.717, 1.165) is 17.9 Å². The molecule has 0 bridgehead atoms. The molecule has 2 aromatic rings. The van der Waals surface area contributed by atoms with E-state index in [2.05, 4.69) is 49.5 Å². The van der Waals surface area contributed by atoms with Crippen LogP contribution in [0.4, 0.5) is 0 Å². The van der Waals surface area contributed by atoms with Crippen molar-refractivity contribution in [1.82, 2.24) is 5.32 Å². The Labute approximate surface area is 150 Å². The third-order valence-electron chi connectivity index (χ3n) is 4.11. The number of nitriles is 1. The SMILES string of the molecule is COc1ccc(CNC(C)c2ccc(C)cc2)cc1OCCCC#N. The van der Waals surface area contributed by atoms with Gasteiger partial charge in [0.15, 0.2) is 11.5 Å². The largest absolute Gasteiger partial charge is 0.493 e. The Morgan fingerprint density at radius 1 is 1.12 bits per heavy atom. The Bertz CT molecular complexity index is 705. The van der Waals surface area contributed by atoms with Crippen LogP contribution in [0, 0.1) is 18.3 Å². The topological polar surface area (TPSA) is 54.3 Å². The minimum Gasteiger partial charge on any atom is -0.493 e. The van der Waals surface area contributed by atoms with Crippen molar-refractivity contribution in [1.29, 1.82) is 5.26 Å². The number of aryl methyl sites for hydroxylation is 1. The molecule has 0 saturated carbocycles. The van der Waals surface area contributed by atoms with E-state index in [9.17, 15) is 0 Å². The van der Waals surface area contributed by atoms with Crippen molar-refractivity contribution < 1.29 is 9.47 Å². The summed E-state index contributed by atoms with van der Waals surface area (Å²) in [5.41, 5.74) is 3.67. The van der Waals surface area contributed by atoms with Crippen LogP contribution >= 0.6 is 0 Å². The van der Waals surface area contributed by atoms with E-state index in [-0.39, 0.29) is 6.04 Å². The van der Waals surface area contributed by atoms with Gasteiger partial charge in [0.05, 0.1) is 19.8 Å². The highest BCUT2D eigenvalue weighted by molar-refractivity contribution is 5.43. The third-order valence-corrected chi connectivity index (χ3v) is 4.11. The van der Waals surface area contributed by atoms with E-state index in [0.29, 0.717) is 25.2 Å². The summed E-state index contributed by atoms with van der Waals surface area (Å²) in [5.74, 6) is 1.44. The van der Waals surface area contributed by atoms with E-state index < -0.39 is 0 Å². The monoisotopic (exact) mass is 338 g/mol. The Morgan fingerprint density at radius 2 is 1.88 bits per heavy atom. The summed E-state index contributed by atoms with van der Waals surface area (Å²) in [4.78, 5) is 0. The molecule has 0 spiro atoms. The zero-order valence-electron chi connectivity index (χ0n) is 15.2. The highest BCUT2D eigenvalue weighted by Gasteiger charge is 2.08. The predicted octanol–water partition coefficient (Wildman–Crippen LogP) is 4.54. The quantitative estimate of drug-likeness (QED) is 0.682. The molecule has 0 aliphatic carbocycles. The number of nitrogens with zero attached hydrogens (tertiary/aromatic N) is 1. The molecule has 0 aromatic heterocycles. The molecule has 1 atom stereocenters. The predicted molar refractivity (Wildman–Crippen MR) is 99.8 cm³/mol. The molecule has 0 fully saturated rings. The van der Waals surface area contributed by atoms with Gasteiger partial charge in [0, 0.05) is 19.0 Å². The van der Waals surface area contributed by atoms with Crippen LogP contribution in [-0.2, 0) is 6.54 Å². The van der Waals surface area contributed by atoms with Crippen molar-refractivity contribution in [2.24, 2.45) is 0 Å². The highest BCUT2D eigenvalue weighted by atomic mass is 16.5. The lowest BCUT2D eigenvalue weighted by atomic mass is 10.1. The molecule has 0 aliphatic rings. The Morgan fingerprint density at radius 3 is 2.56 bits per heavy atom. The molecule has 25 heavy (non-hydrogen) atoms. The zero-order chi connectivity index (χ0) is 18.1. The second-order valence-electron chi connectivity index (χ2n) is 6.11. The first-order valence-corrected chi connectivity index (χ1v) is 8.60. The molecule has 1 unspecified atom stereocenters. The lowest BCUT2D eigenvalue weighted by molar-refractivity contribution is 0.290. The summed E-state index contributed by atoms with van der Waals surface area (Å²) < 4.78 is 11.1. The van der Waals surface area contributed by atoms with Crippen LogP contribution in [0.3, 0.4) is 0 Å². The van der Waals surface area contributed by atoms with Gasteiger partial charge in [-0.1, -0.05) is 35.9 Å². The number of hydrogen-bond donors (Lipinski definition) is 1. The fourth-order valence-electron chi connectivity index (χ4n) is 2.52. The van der Waals surface area contributed by atoms with Crippen molar-refractivity contribution in [2.75, 3.05) is 13.7 Å². The maximum atomic E-state index is 8.60. The number of nitrogens with one attached hydrogen (secondary N) is 1. The van der Waals surface area contributed by atoms with Gasteiger partial charge in [-0.05, 0) is 43.5 Å². The maximum Gasteiger partial charge on any atom is 0.161 e. The van der Waals surface area contributed by atoms with E-state index in [1.165, 1.54) is 11.1 Å². The average Bonchev–Trinajstić information content (AvgIpc) is 2.64. The summed E-state index contributed by atoms with van der Waals surface area (Å²) in [6.07, 6.45) is 1.21. The molecular formula is C21H26N2O2. The number of benzene rings is 2. The zero-order valence-corrected chi connectivity index (χ0v) is 15.2. The van der Waals surface area contributed by atoms with Crippen LogP contribution in [-0.4, -0.2) is 13.7 Å². The molecule has 0 heterocycles. The molecule has 0 radical (unpaired) electrons. The van der Waals surface area contributed by atoms with Crippen molar-refractivity contribution >= 4 is 0 Å². The van der Waals surface area contributed by atoms with Gasteiger partial charge in [-0.15, -0.1) is 0 Å². The Kier molecular flexibility index (Phi) is 7.31. The van der Waals surface area contributed by atoms with E-state index in [4.69, 9.17) is 14.7 Å². The molecule has 132 valence electrons. The standard InChI is InChI=1S/C21H26N2O2/c1-16-6-9-19(10-7-16)17(2)23-15-18-8-11-20(24-3)21(14-18)25-13-5-4-12-22/h6-11,14,17,23H,4-5,13,15H2,1-3H3. The number of rotatable bonds is 9. The number of methoxy groups -OCH3 is 1. The summed E-state index contributed by atoms with van der Waals surface area (Å²) in [6.45, 7) is 5.51. The molecule has 0 amide bonds. The molecule has 0 aliphatic heterocycles. The Hall–Kier alpha value is -2.51. The average molecular weight is 338 g/mol. The van der Waals surface area contributed by atoms with Crippen LogP contribution in [0.2, 0.25) is 0 Å². The molecule has 0 saturated heterocycles. The fraction of sp³-hybridized carbons (Fsp3) is 0.381. The van der Waals surface area contributed by atoms with Crippen molar-refractivity contribution in [2.45, 2.75) is 39.3 Å². The van der Waals surface area contributed by atoms with Crippen molar-refractivity contribution in [3.8, 4) is 17.6 Å². The maximum absolute atomic E-state index is 8.60. The minimum absolute atomic E-state index is 0.266. The number of unbranched alkanes of at least 4 members (excludes halogenated alkanes) is 1. The second-order valence-corrected chi connectivity index (χ2v) is 6.11. The first-order chi connectivity index (χ1) is 12.1. The molecule has 2 rings (SSSR count). The van der Waals surface area contributed by atoms with E-state index in [1.807, 2.05) is 18.2 Å². The molecule has 2 aromatic carbocycles. The van der Waals surface area contributed by atoms with Crippen LogP contribution in [0.25, 0.3) is 0 Å². The number of ether oxygens (including phenoxy) is 2. The van der Waals surface area contributed by atoms with Gasteiger partial charge >= 0.3 is 0 Å². The minimum atomic E-state index is 0.266. The third kappa shape index (κ3) is 5.81. The van der Waals surface area contributed by atoms with Gasteiger partial charge in [-0.3, -0.25) is 0 Å². The van der Waals surface area contributed by atoms with Crippen molar-refractivity contribution in [3.05, 3.63) is 59.2 Å². The smallest absolute Gasteiger partial charge is 0.161 e. The normalized spacial score (nSPS) is 11.6.